The number of carbonyl (C=O) groups excluding carboxylic acids is 2. The molecule has 0 heterocycles. The Labute approximate surface area is 328 Å². The molecule has 0 aromatic rings. The fourth-order valence-corrected chi connectivity index (χ4v) is 30.2. The minimum Gasteiger partial charge on any atom is -0.481 e. The first-order chi connectivity index (χ1) is 23.4. The smallest absolute Gasteiger partial charge is 0.315 e. The van der Waals surface area contributed by atoms with Crippen LogP contribution in [-0.4, -0.2) is 159 Å². The zero-order chi connectivity index (χ0) is 41.5. The van der Waals surface area contributed by atoms with Crippen molar-refractivity contribution in [2.75, 3.05) is 59.2 Å². The summed E-state index contributed by atoms with van der Waals surface area (Å²) in [6.45, 7) is 25.3. The third kappa shape index (κ3) is 42.1. The number of carbonyl (C=O) groups is 4. The molecule has 0 aliphatic heterocycles. The van der Waals surface area contributed by atoms with Gasteiger partial charge in [-0.3, -0.25) is 19.2 Å². The van der Waals surface area contributed by atoms with Crippen molar-refractivity contribution in [3.05, 3.63) is 0 Å². The van der Waals surface area contributed by atoms with Crippen molar-refractivity contribution in [1.29, 1.82) is 0 Å². The summed E-state index contributed by atoms with van der Waals surface area (Å²) in [7, 11) is -11.3. The number of carboxylic acid groups (broad SMARTS) is 2. The Morgan fingerprint density at radius 1 is 0.519 bits per heavy atom. The van der Waals surface area contributed by atoms with Crippen molar-refractivity contribution >= 4 is 74.1 Å². The van der Waals surface area contributed by atoms with Crippen molar-refractivity contribution in [2.45, 2.75) is 106 Å². The van der Waals surface area contributed by atoms with Crippen LogP contribution in [0.15, 0.2) is 0 Å². The van der Waals surface area contributed by atoms with E-state index in [4.69, 9.17) is 65.3 Å². The number of Topliss-reactive ketones (excluding diaryl/α,β-unsaturated/α-hetero) is 1. The van der Waals surface area contributed by atoms with Crippen molar-refractivity contribution in [1.82, 2.24) is 0 Å². The highest BCUT2D eigenvalue weighted by Gasteiger charge is 2.41. The summed E-state index contributed by atoms with van der Waals surface area (Å²) in [5, 5.41) is 32.8. The van der Waals surface area contributed by atoms with Gasteiger partial charge in [-0.25, -0.2) is 0 Å². The van der Waals surface area contributed by atoms with E-state index in [0.29, 0.717) is 24.9 Å². The molecule has 6 N–H and O–H groups in total. The maximum Gasteiger partial charge on any atom is 0.315 e. The number of aliphatic hydroxyl groups excluding tert-OH is 2. The normalized spacial score (nSPS) is 12.1. The Balaban J connectivity index is -0.000000251. The molecule has 54 heavy (non-hydrogen) atoms. The van der Waals surface area contributed by atoms with Crippen LogP contribution in [0.3, 0.4) is 0 Å². The quantitative estimate of drug-likeness (QED) is 0.0320. The van der Waals surface area contributed by atoms with Crippen LogP contribution in [0.25, 0.3) is 0 Å². The highest BCUT2D eigenvalue weighted by Crippen LogP contribution is 2.22. The number of hydrogen-bond acceptors (Lipinski definition) is 16. The average molecular weight is 893 g/mol. The molecule has 0 spiro atoms. The monoisotopic (exact) mass is 892 g/mol. The number of ketones is 1. The first-order valence-electron chi connectivity index (χ1n) is 16.4. The minimum absolute atomic E-state index is 0. The molecule has 0 unspecified atom stereocenters. The lowest BCUT2D eigenvalue weighted by Crippen LogP contribution is -2.55. The van der Waals surface area contributed by atoms with E-state index in [-0.39, 0.29) is 52.3 Å². The van der Waals surface area contributed by atoms with E-state index in [2.05, 4.69) is 13.1 Å². The maximum absolute atomic E-state index is 11.3. The van der Waals surface area contributed by atoms with Crippen LogP contribution < -0.4 is 0 Å². The SMILES string of the molecule is C.COCOC[Si](C)(C)O[Si](C)(C)O[Si](C)(C)COCOC(=O)CC(C)=O.C[Si](C)(COCO)O[Si](C)(C)O[Si](C)(C)COCO.O.O=C(O)CC(=O)O. The fourth-order valence-electron chi connectivity index (χ4n) is 4.55. The van der Waals surface area contributed by atoms with E-state index >= 15 is 0 Å². The predicted molar refractivity (Wildman–Crippen MR) is 216 cm³/mol. The highest BCUT2D eigenvalue weighted by atomic mass is 28.5. The number of esters is 1. The van der Waals surface area contributed by atoms with E-state index in [1.807, 2.05) is 65.5 Å². The van der Waals surface area contributed by atoms with E-state index in [9.17, 15) is 19.2 Å². The van der Waals surface area contributed by atoms with Crippen LogP contribution >= 0.6 is 0 Å². The Morgan fingerprint density at radius 2 is 0.815 bits per heavy atom. The maximum atomic E-state index is 11.3. The van der Waals surface area contributed by atoms with Crippen molar-refractivity contribution in [3.8, 4) is 0 Å². The standard InChI is InChI=1S/C15H34O8Si3.C10H28O6Si3.C3H4O4.CH4.H2O/c1-14(16)9-15(17)21-11-20-13-25(5,6)23-26(7,8)22-24(3,4)12-19-10-18-2;1-17(2,9-13-7-11)15-19(5,6)16-18(3,4)10-14-8-12;4-2(5)1-3(6)7;;/h9-13H2,1-8H3;11-12H,7-10H2,1-6H3;1H2,(H,4,5)(H,6,7);1H4;1H2. The van der Waals surface area contributed by atoms with Gasteiger partial charge in [0.1, 0.15) is 39.0 Å². The Kier molecular flexibility index (Phi) is 34.6. The second kappa shape index (κ2) is 30.0. The number of hydrogen-bond donors (Lipinski definition) is 4. The predicted octanol–water partition coefficient (Wildman–Crippen LogP) is 2.83. The average Bonchev–Trinajstić information content (AvgIpc) is 2.90. The Hall–Kier alpha value is -1.10. The van der Waals surface area contributed by atoms with Crippen molar-refractivity contribution in [3.63, 3.8) is 0 Å². The fraction of sp³-hybridized carbons (Fsp3) is 0.862. The van der Waals surface area contributed by atoms with Gasteiger partial charge in [0.05, 0.1) is 24.9 Å². The number of aliphatic carboxylic acids is 2. The second-order valence-corrected chi connectivity index (χ2v) is 38.9. The Bertz CT molecular complexity index is 1010. The molecule has 0 aliphatic rings. The molecule has 0 bridgehead atoms. The topological polar surface area (TPSA) is 273 Å². The summed E-state index contributed by atoms with van der Waals surface area (Å²) in [5.74, 6) is -3.45. The lowest BCUT2D eigenvalue weighted by molar-refractivity contribution is -0.156. The molecule has 0 radical (unpaired) electrons. The Morgan fingerprint density at radius 3 is 1.06 bits per heavy atom. The molecular weight excluding hydrogens is 821 g/mol. The largest absolute Gasteiger partial charge is 0.481 e. The second-order valence-electron chi connectivity index (χ2n) is 14.8. The summed E-state index contributed by atoms with van der Waals surface area (Å²) in [4.78, 5) is 41.0. The molecular formula is C29H72O19Si6. The van der Waals surface area contributed by atoms with E-state index < -0.39 is 74.7 Å². The van der Waals surface area contributed by atoms with Crippen LogP contribution in [-0.2, 0) is 64.1 Å². The molecule has 326 valence electrons. The summed E-state index contributed by atoms with van der Waals surface area (Å²) in [5.41, 5.74) is 0. The molecule has 0 aromatic heterocycles. The lowest BCUT2D eigenvalue weighted by atomic mass is 10.3. The number of aliphatic hydroxyl groups is 2. The van der Waals surface area contributed by atoms with Gasteiger partial charge in [-0.1, -0.05) is 7.43 Å². The molecule has 0 fully saturated rings. The molecule has 0 amide bonds. The van der Waals surface area contributed by atoms with Crippen LogP contribution in [0.5, 0.6) is 0 Å². The molecule has 25 heteroatoms. The van der Waals surface area contributed by atoms with E-state index in [1.54, 1.807) is 7.11 Å². The molecule has 19 nitrogen and oxygen atoms in total. The van der Waals surface area contributed by atoms with Crippen LogP contribution in [0.4, 0.5) is 0 Å². The van der Waals surface area contributed by atoms with Crippen LogP contribution in [0.1, 0.15) is 27.2 Å². The third-order valence-corrected chi connectivity index (χ3v) is 25.6. The van der Waals surface area contributed by atoms with Crippen LogP contribution in [0.2, 0.25) is 78.6 Å². The molecule has 0 rings (SSSR count). The van der Waals surface area contributed by atoms with Gasteiger partial charge in [-0.2, -0.15) is 0 Å². The minimum atomic E-state index is -2.37. The zero-order valence-electron chi connectivity index (χ0n) is 34.1. The lowest BCUT2D eigenvalue weighted by Gasteiger charge is -2.38. The summed E-state index contributed by atoms with van der Waals surface area (Å²) >= 11 is 0. The van der Waals surface area contributed by atoms with Crippen molar-refractivity contribution in [2.24, 2.45) is 0 Å². The van der Waals surface area contributed by atoms with Crippen molar-refractivity contribution < 1.29 is 90.0 Å². The van der Waals surface area contributed by atoms with Gasteiger partial charge in [0.15, 0.2) is 6.79 Å². The zero-order valence-corrected chi connectivity index (χ0v) is 40.1. The van der Waals surface area contributed by atoms with Gasteiger partial charge in [0, 0.05) is 7.11 Å². The van der Waals surface area contributed by atoms with Gasteiger partial charge in [0.25, 0.3) is 0 Å². The number of ether oxygens (including phenoxy) is 6. The van der Waals surface area contributed by atoms with E-state index in [0.717, 1.165) is 0 Å². The first-order valence-corrected chi connectivity index (χ1v) is 34.5. The van der Waals surface area contributed by atoms with Gasteiger partial charge in [-0.15, -0.1) is 0 Å². The number of carboxylic acids is 2. The van der Waals surface area contributed by atoms with Gasteiger partial charge in [-0.05, 0) is 85.5 Å². The molecule has 0 aromatic carbocycles. The van der Waals surface area contributed by atoms with Gasteiger partial charge < -0.3 is 70.8 Å². The molecule has 0 saturated heterocycles. The van der Waals surface area contributed by atoms with Crippen LogP contribution in [0, 0.1) is 0 Å². The summed E-state index contributed by atoms with van der Waals surface area (Å²) in [6, 6.07) is 0. The third-order valence-electron chi connectivity index (χ3n) is 5.27. The molecule has 0 atom stereocenters. The van der Waals surface area contributed by atoms with Gasteiger partial charge in [0.2, 0.25) is 33.3 Å². The van der Waals surface area contributed by atoms with E-state index in [1.165, 1.54) is 6.92 Å². The number of rotatable bonds is 26. The number of methoxy groups -OCH3 is 1. The molecule has 0 aliphatic carbocycles. The summed E-state index contributed by atoms with van der Waals surface area (Å²) < 4.78 is 55.7. The summed E-state index contributed by atoms with van der Waals surface area (Å²) in [6.07, 6.45) is 0.740. The first kappa shape index (κ1) is 62.1. The van der Waals surface area contributed by atoms with Gasteiger partial charge >= 0.3 is 35.0 Å². The molecule has 0 saturated carbocycles. The highest BCUT2D eigenvalue weighted by molar-refractivity contribution is 6.88.